The summed E-state index contributed by atoms with van der Waals surface area (Å²) < 4.78 is 11.6. The third kappa shape index (κ3) is 5.38. The number of hydrogen-bond donors (Lipinski definition) is 1. The Hall–Kier alpha value is -3.42. The molecule has 0 atom stereocenters. The second kappa shape index (κ2) is 10.7. The van der Waals surface area contributed by atoms with Crippen molar-refractivity contribution in [2.45, 2.75) is 6.92 Å². The Morgan fingerprint density at radius 1 is 0.882 bits per heavy atom. The third-order valence-corrected chi connectivity index (χ3v) is 6.74. The van der Waals surface area contributed by atoms with Crippen LogP contribution in [0.2, 0.25) is 0 Å². The second-order valence-electron chi connectivity index (χ2n) is 7.46. The number of rotatable bonds is 7. The van der Waals surface area contributed by atoms with Gasteiger partial charge in [0.25, 0.3) is 5.91 Å². The Morgan fingerprint density at radius 3 is 2.15 bits per heavy atom. The standard InChI is InChI=1S/C27H22BrNO4S/c1-17-24(20-8-12-21(28)13-9-20)25(27(31)32-2)26(34-17)29-23(30)16-33-22-14-10-19(11-15-22)18-6-4-3-5-7-18/h3-15H,16H2,1-2H3,(H,29,30). The minimum absolute atomic E-state index is 0.185. The first-order valence-corrected chi connectivity index (χ1v) is 12.1. The topological polar surface area (TPSA) is 64.6 Å². The van der Waals surface area contributed by atoms with Gasteiger partial charge in [0.2, 0.25) is 0 Å². The number of methoxy groups -OCH3 is 1. The van der Waals surface area contributed by atoms with Gasteiger partial charge in [-0.15, -0.1) is 11.3 Å². The highest BCUT2D eigenvalue weighted by Gasteiger charge is 2.25. The number of ether oxygens (including phenoxy) is 2. The van der Waals surface area contributed by atoms with Gasteiger partial charge in [-0.05, 0) is 47.9 Å². The summed E-state index contributed by atoms with van der Waals surface area (Å²) in [7, 11) is 1.33. The van der Waals surface area contributed by atoms with Crippen molar-refractivity contribution < 1.29 is 19.1 Å². The number of amides is 1. The van der Waals surface area contributed by atoms with E-state index in [1.807, 2.05) is 85.8 Å². The van der Waals surface area contributed by atoms with Crippen LogP contribution in [0.5, 0.6) is 5.75 Å². The maximum absolute atomic E-state index is 12.7. The maximum atomic E-state index is 12.7. The highest BCUT2D eigenvalue weighted by molar-refractivity contribution is 9.10. The summed E-state index contributed by atoms with van der Waals surface area (Å²) in [6, 6.07) is 25.2. The highest BCUT2D eigenvalue weighted by atomic mass is 79.9. The predicted molar refractivity (Wildman–Crippen MR) is 140 cm³/mol. The van der Waals surface area contributed by atoms with Crippen molar-refractivity contribution in [3.8, 4) is 28.0 Å². The van der Waals surface area contributed by atoms with Crippen molar-refractivity contribution in [1.29, 1.82) is 0 Å². The average Bonchev–Trinajstić information content (AvgIpc) is 3.18. The molecule has 0 fully saturated rings. The molecule has 172 valence electrons. The van der Waals surface area contributed by atoms with Gasteiger partial charge in [-0.2, -0.15) is 0 Å². The van der Waals surface area contributed by atoms with E-state index in [1.165, 1.54) is 18.4 Å². The number of thiophene rings is 1. The molecule has 0 aliphatic carbocycles. The lowest BCUT2D eigenvalue weighted by Gasteiger charge is -2.10. The quantitative estimate of drug-likeness (QED) is 0.260. The van der Waals surface area contributed by atoms with E-state index in [0.29, 0.717) is 16.3 Å². The second-order valence-corrected chi connectivity index (χ2v) is 9.60. The Kier molecular flexibility index (Phi) is 7.45. The molecule has 1 aromatic heterocycles. The molecule has 0 aliphatic rings. The number of benzene rings is 3. The van der Waals surface area contributed by atoms with E-state index in [4.69, 9.17) is 9.47 Å². The molecular formula is C27H22BrNO4S. The normalized spacial score (nSPS) is 10.6. The molecular weight excluding hydrogens is 514 g/mol. The van der Waals surface area contributed by atoms with E-state index in [2.05, 4.69) is 21.2 Å². The average molecular weight is 536 g/mol. The van der Waals surface area contributed by atoms with Gasteiger partial charge >= 0.3 is 5.97 Å². The van der Waals surface area contributed by atoms with Crippen molar-refractivity contribution in [3.05, 3.63) is 93.8 Å². The number of esters is 1. The summed E-state index contributed by atoms with van der Waals surface area (Å²) in [6.07, 6.45) is 0. The summed E-state index contributed by atoms with van der Waals surface area (Å²) in [5.74, 6) is -0.281. The smallest absolute Gasteiger partial charge is 0.341 e. The fraction of sp³-hybridized carbons (Fsp3) is 0.111. The van der Waals surface area contributed by atoms with Crippen molar-refractivity contribution in [3.63, 3.8) is 0 Å². The molecule has 0 radical (unpaired) electrons. The molecule has 1 amide bonds. The molecule has 4 aromatic rings. The van der Waals surface area contributed by atoms with Crippen LogP contribution < -0.4 is 10.1 Å². The third-order valence-electron chi connectivity index (χ3n) is 5.19. The van der Waals surface area contributed by atoms with Crippen molar-refractivity contribution >= 4 is 44.1 Å². The molecule has 1 N–H and O–H groups in total. The van der Waals surface area contributed by atoms with Gasteiger partial charge in [0.15, 0.2) is 6.61 Å². The van der Waals surface area contributed by atoms with E-state index in [9.17, 15) is 9.59 Å². The fourth-order valence-electron chi connectivity index (χ4n) is 3.58. The van der Waals surface area contributed by atoms with Gasteiger partial charge in [-0.1, -0.05) is 70.5 Å². The lowest BCUT2D eigenvalue weighted by atomic mass is 10.0. The largest absolute Gasteiger partial charge is 0.484 e. The number of anilines is 1. The number of hydrogen-bond acceptors (Lipinski definition) is 5. The summed E-state index contributed by atoms with van der Waals surface area (Å²) in [5.41, 5.74) is 4.13. The zero-order valence-corrected chi connectivity index (χ0v) is 21.0. The van der Waals surface area contributed by atoms with Crippen LogP contribution in [0.4, 0.5) is 5.00 Å². The van der Waals surface area contributed by atoms with E-state index >= 15 is 0 Å². The number of nitrogens with one attached hydrogen (secondary N) is 1. The van der Waals surface area contributed by atoms with Gasteiger partial charge in [0.1, 0.15) is 16.3 Å². The first-order chi connectivity index (χ1) is 16.5. The molecule has 4 rings (SSSR count). The summed E-state index contributed by atoms with van der Waals surface area (Å²) in [4.78, 5) is 26.2. The van der Waals surface area contributed by atoms with Gasteiger partial charge in [0, 0.05) is 14.9 Å². The Labute approximate surface area is 210 Å². The number of aryl methyl sites for hydroxylation is 1. The predicted octanol–water partition coefficient (Wildman–Crippen LogP) is 6.96. The molecule has 0 spiro atoms. The molecule has 1 heterocycles. The van der Waals surface area contributed by atoms with Crippen LogP contribution in [0, 0.1) is 6.92 Å². The van der Waals surface area contributed by atoms with E-state index < -0.39 is 5.97 Å². The fourth-order valence-corrected chi connectivity index (χ4v) is 4.92. The van der Waals surface area contributed by atoms with Gasteiger partial charge in [-0.3, -0.25) is 4.79 Å². The van der Waals surface area contributed by atoms with Crippen LogP contribution in [-0.4, -0.2) is 25.6 Å². The molecule has 0 aliphatic heterocycles. The Balaban J connectivity index is 1.48. The van der Waals surface area contributed by atoms with E-state index in [-0.39, 0.29) is 12.5 Å². The Morgan fingerprint density at radius 2 is 1.50 bits per heavy atom. The zero-order chi connectivity index (χ0) is 24.1. The van der Waals surface area contributed by atoms with Crippen molar-refractivity contribution in [2.75, 3.05) is 19.0 Å². The minimum atomic E-state index is -0.505. The van der Waals surface area contributed by atoms with Gasteiger partial charge in [-0.25, -0.2) is 4.79 Å². The van der Waals surface area contributed by atoms with Crippen molar-refractivity contribution in [2.24, 2.45) is 0 Å². The van der Waals surface area contributed by atoms with Crippen molar-refractivity contribution in [1.82, 2.24) is 0 Å². The molecule has 34 heavy (non-hydrogen) atoms. The minimum Gasteiger partial charge on any atom is -0.484 e. The lowest BCUT2D eigenvalue weighted by Crippen LogP contribution is -2.21. The zero-order valence-electron chi connectivity index (χ0n) is 18.6. The SMILES string of the molecule is COC(=O)c1c(NC(=O)COc2ccc(-c3ccccc3)cc2)sc(C)c1-c1ccc(Br)cc1. The lowest BCUT2D eigenvalue weighted by molar-refractivity contribution is -0.118. The highest BCUT2D eigenvalue weighted by Crippen LogP contribution is 2.40. The van der Waals surface area contributed by atoms with Crippen LogP contribution in [0.15, 0.2) is 83.3 Å². The summed E-state index contributed by atoms with van der Waals surface area (Å²) in [6.45, 7) is 1.73. The first-order valence-electron chi connectivity index (χ1n) is 10.5. The molecule has 0 saturated heterocycles. The molecule has 7 heteroatoms. The summed E-state index contributed by atoms with van der Waals surface area (Å²) in [5, 5.41) is 3.26. The maximum Gasteiger partial charge on any atom is 0.341 e. The summed E-state index contributed by atoms with van der Waals surface area (Å²) >= 11 is 4.76. The Bertz CT molecular complexity index is 1300. The van der Waals surface area contributed by atoms with E-state index in [0.717, 1.165) is 31.6 Å². The molecule has 0 saturated carbocycles. The van der Waals surface area contributed by atoms with Crippen LogP contribution in [0.25, 0.3) is 22.3 Å². The monoisotopic (exact) mass is 535 g/mol. The number of carbonyl (C=O) groups is 2. The molecule has 5 nitrogen and oxygen atoms in total. The van der Waals surface area contributed by atoms with Gasteiger partial charge < -0.3 is 14.8 Å². The number of carbonyl (C=O) groups excluding carboxylic acids is 2. The van der Waals surface area contributed by atoms with Gasteiger partial charge in [0.05, 0.1) is 7.11 Å². The number of halogens is 1. The molecule has 0 unspecified atom stereocenters. The molecule has 0 bridgehead atoms. The first kappa shape index (κ1) is 23.7. The van der Waals surface area contributed by atoms with Crippen LogP contribution in [-0.2, 0) is 9.53 Å². The van der Waals surface area contributed by atoms with Crippen LogP contribution >= 0.6 is 27.3 Å². The van der Waals surface area contributed by atoms with Crippen LogP contribution in [0.1, 0.15) is 15.2 Å². The van der Waals surface area contributed by atoms with E-state index in [1.54, 1.807) is 0 Å². The van der Waals surface area contributed by atoms with Crippen LogP contribution in [0.3, 0.4) is 0 Å². The molecule has 3 aromatic carbocycles.